The van der Waals surface area contributed by atoms with Gasteiger partial charge in [0.05, 0.1) is 12.5 Å². The fourth-order valence-electron chi connectivity index (χ4n) is 2.18. The Balaban J connectivity index is 1.80. The van der Waals surface area contributed by atoms with Gasteiger partial charge in [0.2, 0.25) is 4.77 Å². The van der Waals surface area contributed by atoms with Gasteiger partial charge in [-0.3, -0.25) is 0 Å². The minimum atomic E-state index is 0.258. The molecule has 0 fully saturated rings. The molecule has 0 spiro atoms. The van der Waals surface area contributed by atoms with Gasteiger partial charge in [0, 0.05) is 0 Å². The van der Waals surface area contributed by atoms with E-state index in [1.807, 2.05) is 32.0 Å². The first-order valence-electron chi connectivity index (χ1n) is 7.08. The van der Waals surface area contributed by atoms with Gasteiger partial charge in [0.15, 0.2) is 5.82 Å². The molecule has 2 heterocycles. The number of nitrogens with one attached hydrogen (secondary N) is 1. The molecule has 0 amide bonds. The van der Waals surface area contributed by atoms with Crippen LogP contribution in [-0.2, 0) is 6.61 Å². The van der Waals surface area contributed by atoms with E-state index in [2.05, 4.69) is 15.3 Å². The van der Waals surface area contributed by atoms with Crippen LogP contribution in [0.25, 0.3) is 0 Å². The Morgan fingerprint density at radius 1 is 1.30 bits per heavy atom. The third kappa shape index (κ3) is 3.40. The molecule has 23 heavy (non-hydrogen) atoms. The zero-order chi connectivity index (χ0) is 16.2. The molecule has 0 radical (unpaired) electrons. The first-order chi connectivity index (χ1) is 11.1. The molecule has 0 atom stereocenters. The first-order valence-corrected chi connectivity index (χ1v) is 7.49. The molecular formula is C16H16N4O2S. The Labute approximate surface area is 138 Å². The minimum Gasteiger partial charge on any atom is -0.485 e. The first kappa shape index (κ1) is 15.2. The van der Waals surface area contributed by atoms with Crippen LogP contribution in [0.2, 0.25) is 0 Å². The highest BCUT2D eigenvalue weighted by atomic mass is 32.1. The van der Waals surface area contributed by atoms with Gasteiger partial charge in [-0.2, -0.15) is 14.9 Å². The molecule has 1 N–H and O–H groups in total. The Kier molecular flexibility index (Phi) is 4.38. The van der Waals surface area contributed by atoms with Gasteiger partial charge in [0.25, 0.3) is 0 Å². The normalized spacial score (nSPS) is 11.2. The largest absolute Gasteiger partial charge is 0.485 e. The zero-order valence-electron chi connectivity index (χ0n) is 12.8. The number of benzene rings is 1. The molecule has 0 aliphatic carbocycles. The van der Waals surface area contributed by atoms with Crippen molar-refractivity contribution in [1.29, 1.82) is 0 Å². The van der Waals surface area contributed by atoms with Gasteiger partial charge < -0.3 is 9.15 Å². The number of ether oxygens (including phenoxy) is 1. The zero-order valence-corrected chi connectivity index (χ0v) is 13.6. The van der Waals surface area contributed by atoms with Crippen LogP contribution >= 0.6 is 12.2 Å². The second-order valence-corrected chi connectivity index (χ2v) is 5.41. The van der Waals surface area contributed by atoms with E-state index < -0.39 is 0 Å². The number of rotatable bonds is 5. The van der Waals surface area contributed by atoms with E-state index in [1.165, 1.54) is 4.68 Å². The quantitative estimate of drug-likeness (QED) is 0.574. The van der Waals surface area contributed by atoms with Crippen molar-refractivity contribution in [2.75, 3.05) is 0 Å². The standard InChI is InChI=1S/C16H16N4O2S/c1-11-5-3-6-12(2)15(11)22-10-14-18-19-16(23)20(14)17-9-13-7-4-8-21-13/h3-9H,10H2,1-2H3,(H,19,23)/b17-9-. The number of aromatic amines is 1. The molecule has 0 aliphatic heterocycles. The number of aromatic nitrogens is 3. The fourth-order valence-corrected chi connectivity index (χ4v) is 2.38. The molecule has 3 rings (SSSR count). The van der Waals surface area contributed by atoms with E-state index >= 15 is 0 Å². The lowest BCUT2D eigenvalue weighted by atomic mass is 10.1. The monoisotopic (exact) mass is 328 g/mol. The Hall–Kier alpha value is -2.67. The Morgan fingerprint density at radius 3 is 2.78 bits per heavy atom. The number of H-pyrrole nitrogens is 1. The van der Waals surface area contributed by atoms with Crippen molar-refractivity contribution in [3.8, 4) is 5.75 Å². The van der Waals surface area contributed by atoms with Crippen molar-refractivity contribution in [2.24, 2.45) is 5.10 Å². The van der Waals surface area contributed by atoms with E-state index in [0.717, 1.165) is 16.9 Å². The van der Waals surface area contributed by atoms with Gasteiger partial charge >= 0.3 is 0 Å². The minimum absolute atomic E-state index is 0.258. The molecular weight excluding hydrogens is 312 g/mol. The Bertz CT molecular complexity index is 858. The van der Waals surface area contributed by atoms with E-state index in [1.54, 1.807) is 24.6 Å². The third-order valence-electron chi connectivity index (χ3n) is 3.32. The molecule has 0 aliphatic rings. The maximum absolute atomic E-state index is 5.90. The molecule has 0 unspecified atom stereocenters. The third-order valence-corrected chi connectivity index (χ3v) is 3.58. The lowest BCUT2D eigenvalue weighted by Crippen LogP contribution is -2.05. The fraction of sp³-hybridized carbons (Fsp3) is 0.188. The summed E-state index contributed by atoms with van der Waals surface area (Å²) in [6.07, 6.45) is 3.16. The van der Waals surface area contributed by atoms with Gasteiger partial charge in [-0.15, -0.1) is 0 Å². The summed E-state index contributed by atoms with van der Waals surface area (Å²) in [5.41, 5.74) is 2.15. The van der Waals surface area contributed by atoms with Gasteiger partial charge in [-0.1, -0.05) is 18.2 Å². The summed E-state index contributed by atoms with van der Waals surface area (Å²) in [5, 5.41) is 11.2. The summed E-state index contributed by atoms with van der Waals surface area (Å²) in [6, 6.07) is 9.62. The predicted molar refractivity (Wildman–Crippen MR) is 89.4 cm³/mol. The van der Waals surface area contributed by atoms with E-state index in [-0.39, 0.29) is 6.61 Å². The second kappa shape index (κ2) is 6.62. The summed E-state index contributed by atoms with van der Waals surface area (Å²) in [6.45, 7) is 4.28. The number of aryl methyl sites for hydroxylation is 2. The van der Waals surface area contributed by atoms with Crippen LogP contribution in [0, 0.1) is 18.6 Å². The molecule has 0 saturated carbocycles. The number of hydrogen-bond acceptors (Lipinski definition) is 5. The van der Waals surface area contributed by atoms with Crippen LogP contribution in [0.5, 0.6) is 5.75 Å². The van der Waals surface area contributed by atoms with Crippen molar-refractivity contribution in [1.82, 2.24) is 14.9 Å². The summed E-state index contributed by atoms with van der Waals surface area (Å²) in [7, 11) is 0. The van der Waals surface area contributed by atoms with Crippen molar-refractivity contribution >= 4 is 18.4 Å². The summed E-state index contributed by atoms with van der Waals surface area (Å²) in [4.78, 5) is 0. The highest BCUT2D eigenvalue weighted by Crippen LogP contribution is 2.23. The van der Waals surface area contributed by atoms with Gasteiger partial charge in [0.1, 0.15) is 18.1 Å². The van der Waals surface area contributed by atoms with Crippen molar-refractivity contribution in [2.45, 2.75) is 20.5 Å². The van der Waals surface area contributed by atoms with Crippen LogP contribution in [0.15, 0.2) is 46.1 Å². The molecule has 0 bridgehead atoms. The topological polar surface area (TPSA) is 68.3 Å². The molecule has 6 nitrogen and oxygen atoms in total. The van der Waals surface area contributed by atoms with Gasteiger partial charge in [-0.25, -0.2) is 5.10 Å². The van der Waals surface area contributed by atoms with Crippen molar-refractivity contribution in [3.05, 3.63) is 64.1 Å². The van der Waals surface area contributed by atoms with Crippen LogP contribution in [0.1, 0.15) is 22.7 Å². The number of hydrogen-bond donors (Lipinski definition) is 1. The van der Waals surface area contributed by atoms with E-state index in [4.69, 9.17) is 21.4 Å². The van der Waals surface area contributed by atoms with Crippen LogP contribution < -0.4 is 4.74 Å². The summed E-state index contributed by atoms with van der Waals surface area (Å²) >= 11 is 5.20. The lowest BCUT2D eigenvalue weighted by Gasteiger charge is -2.11. The van der Waals surface area contributed by atoms with Crippen LogP contribution in [-0.4, -0.2) is 21.1 Å². The maximum Gasteiger partial charge on any atom is 0.216 e. The highest BCUT2D eigenvalue weighted by molar-refractivity contribution is 7.71. The summed E-state index contributed by atoms with van der Waals surface area (Å²) < 4.78 is 13.0. The van der Waals surface area contributed by atoms with Crippen LogP contribution in [0.3, 0.4) is 0 Å². The average molecular weight is 328 g/mol. The SMILES string of the molecule is Cc1cccc(C)c1OCc1n[nH]c(=S)n1/N=C\c1ccco1. The molecule has 7 heteroatoms. The molecule has 2 aromatic heterocycles. The van der Waals surface area contributed by atoms with Gasteiger partial charge in [-0.05, 0) is 49.3 Å². The number of furan rings is 1. The molecule has 3 aromatic rings. The molecule has 0 saturated heterocycles. The lowest BCUT2D eigenvalue weighted by molar-refractivity contribution is 0.287. The van der Waals surface area contributed by atoms with Crippen molar-refractivity contribution < 1.29 is 9.15 Å². The number of para-hydroxylation sites is 1. The second-order valence-electron chi connectivity index (χ2n) is 5.03. The highest BCUT2D eigenvalue weighted by Gasteiger charge is 2.09. The van der Waals surface area contributed by atoms with E-state index in [9.17, 15) is 0 Å². The van der Waals surface area contributed by atoms with Crippen LogP contribution in [0.4, 0.5) is 0 Å². The smallest absolute Gasteiger partial charge is 0.216 e. The van der Waals surface area contributed by atoms with E-state index in [0.29, 0.717) is 16.4 Å². The maximum atomic E-state index is 5.90. The van der Waals surface area contributed by atoms with Crippen molar-refractivity contribution in [3.63, 3.8) is 0 Å². The Morgan fingerprint density at radius 2 is 2.09 bits per heavy atom. The number of nitrogens with zero attached hydrogens (tertiary/aromatic N) is 3. The molecule has 1 aromatic carbocycles. The average Bonchev–Trinajstić information content (AvgIpc) is 3.15. The molecule has 118 valence electrons. The summed E-state index contributed by atoms with van der Waals surface area (Å²) in [5.74, 6) is 2.07. The predicted octanol–water partition coefficient (Wildman–Crippen LogP) is 3.61.